The first-order valence-electron chi connectivity index (χ1n) is 11.1. The SMILES string of the molecule is COc1ccc(-c2ccc3c(c2)CCO3)n2nc(C3(C(=O)NCCS(=O)(=O)N(C)C)CC3)nc12. The van der Waals surface area contributed by atoms with Crippen LogP contribution >= 0.6 is 0 Å². The van der Waals surface area contributed by atoms with Gasteiger partial charge in [-0.15, -0.1) is 5.10 Å². The van der Waals surface area contributed by atoms with Crippen molar-refractivity contribution in [3.05, 3.63) is 41.7 Å². The molecule has 1 fully saturated rings. The summed E-state index contributed by atoms with van der Waals surface area (Å²) >= 11 is 0. The Balaban J connectivity index is 1.46. The molecular weight excluding hydrogens is 458 g/mol. The van der Waals surface area contributed by atoms with Crippen LogP contribution in [0.5, 0.6) is 11.5 Å². The van der Waals surface area contributed by atoms with Crippen LogP contribution in [0, 0.1) is 0 Å². The number of hydrogen-bond acceptors (Lipinski definition) is 7. The van der Waals surface area contributed by atoms with Crippen molar-refractivity contribution in [3.8, 4) is 22.8 Å². The molecule has 0 bridgehead atoms. The predicted molar refractivity (Wildman–Crippen MR) is 126 cm³/mol. The molecule has 10 nitrogen and oxygen atoms in total. The van der Waals surface area contributed by atoms with Crippen LogP contribution in [0.15, 0.2) is 30.3 Å². The van der Waals surface area contributed by atoms with Crippen molar-refractivity contribution in [3.63, 3.8) is 0 Å². The van der Waals surface area contributed by atoms with Gasteiger partial charge in [-0.1, -0.05) is 0 Å². The van der Waals surface area contributed by atoms with E-state index in [1.54, 1.807) is 11.6 Å². The van der Waals surface area contributed by atoms with E-state index in [1.807, 2.05) is 24.3 Å². The highest BCUT2D eigenvalue weighted by Crippen LogP contribution is 2.47. The smallest absolute Gasteiger partial charge is 0.234 e. The van der Waals surface area contributed by atoms with Crippen LogP contribution in [0.4, 0.5) is 0 Å². The molecule has 3 aromatic rings. The highest BCUT2D eigenvalue weighted by Gasteiger charge is 2.55. The van der Waals surface area contributed by atoms with Crippen LogP contribution in [-0.2, 0) is 26.7 Å². The Morgan fingerprint density at radius 2 is 2.06 bits per heavy atom. The molecule has 34 heavy (non-hydrogen) atoms. The van der Waals surface area contributed by atoms with Gasteiger partial charge in [-0.25, -0.2) is 22.2 Å². The number of nitrogens with zero attached hydrogens (tertiary/aromatic N) is 4. The molecule has 1 aliphatic heterocycles. The minimum Gasteiger partial charge on any atom is -0.493 e. The molecular formula is C23H27N5O5S. The Hall–Kier alpha value is -3.18. The summed E-state index contributed by atoms with van der Waals surface area (Å²) in [5, 5.41) is 7.50. The van der Waals surface area contributed by atoms with Gasteiger partial charge in [-0.2, -0.15) is 0 Å². The van der Waals surface area contributed by atoms with Crippen LogP contribution in [0.1, 0.15) is 24.2 Å². The molecule has 5 rings (SSSR count). The second kappa shape index (κ2) is 8.24. The number of aromatic nitrogens is 3. The van der Waals surface area contributed by atoms with Crippen LogP contribution in [-0.4, -0.2) is 73.3 Å². The van der Waals surface area contributed by atoms with E-state index in [9.17, 15) is 13.2 Å². The lowest BCUT2D eigenvalue weighted by Gasteiger charge is -2.14. The van der Waals surface area contributed by atoms with Gasteiger partial charge in [0.25, 0.3) is 0 Å². The number of nitrogens with one attached hydrogen (secondary N) is 1. The summed E-state index contributed by atoms with van der Waals surface area (Å²) < 4.78 is 38.0. The third-order valence-corrected chi connectivity index (χ3v) is 8.30. The van der Waals surface area contributed by atoms with E-state index < -0.39 is 15.4 Å². The highest BCUT2D eigenvalue weighted by atomic mass is 32.2. The molecule has 11 heteroatoms. The first-order chi connectivity index (χ1) is 16.2. The number of amides is 1. The molecule has 0 spiro atoms. The number of pyridine rings is 1. The summed E-state index contributed by atoms with van der Waals surface area (Å²) in [6, 6.07) is 9.81. The Labute approximate surface area is 197 Å². The van der Waals surface area contributed by atoms with Gasteiger partial charge in [0.05, 0.1) is 25.2 Å². The van der Waals surface area contributed by atoms with Crippen molar-refractivity contribution in [1.82, 2.24) is 24.2 Å². The van der Waals surface area contributed by atoms with Crippen molar-refractivity contribution in [2.45, 2.75) is 24.7 Å². The monoisotopic (exact) mass is 485 g/mol. The average Bonchev–Trinajstić information content (AvgIpc) is 3.28. The number of sulfonamides is 1. The Bertz CT molecular complexity index is 1380. The predicted octanol–water partition coefficient (Wildman–Crippen LogP) is 1.38. The van der Waals surface area contributed by atoms with Crippen LogP contribution in [0.3, 0.4) is 0 Å². The second-order valence-corrected chi connectivity index (χ2v) is 11.1. The van der Waals surface area contributed by atoms with Gasteiger partial charge in [0.2, 0.25) is 15.9 Å². The van der Waals surface area contributed by atoms with Crippen LogP contribution < -0.4 is 14.8 Å². The zero-order valence-corrected chi connectivity index (χ0v) is 20.2. The van der Waals surface area contributed by atoms with Crippen molar-refractivity contribution in [2.75, 3.05) is 40.1 Å². The molecule has 0 atom stereocenters. The van der Waals surface area contributed by atoms with E-state index >= 15 is 0 Å². The van der Waals surface area contributed by atoms with Crippen molar-refractivity contribution < 1.29 is 22.7 Å². The summed E-state index contributed by atoms with van der Waals surface area (Å²) in [6.07, 6.45) is 2.06. The van der Waals surface area contributed by atoms with E-state index in [1.165, 1.54) is 14.1 Å². The fourth-order valence-electron chi connectivity index (χ4n) is 4.19. The number of fused-ring (bicyclic) bond motifs is 2. The quantitative estimate of drug-likeness (QED) is 0.513. The molecule has 1 amide bonds. The number of hydrogen-bond donors (Lipinski definition) is 1. The van der Waals surface area contributed by atoms with Crippen molar-refractivity contribution >= 4 is 21.6 Å². The molecule has 0 radical (unpaired) electrons. The molecule has 180 valence electrons. The molecule has 0 saturated heterocycles. The third-order valence-electron chi connectivity index (χ3n) is 6.47. The number of rotatable bonds is 8. The number of carbonyl (C=O) groups excluding carboxylic acids is 1. The zero-order chi connectivity index (χ0) is 24.1. The maximum atomic E-state index is 13.0. The fraction of sp³-hybridized carbons (Fsp3) is 0.435. The maximum absolute atomic E-state index is 13.0. The molecule has 1 aliphatic carbocycles. The second-order valence-electron chi connectivity index (χ2n) is 8.82. The zero-order valence-electron chi connectivity index (χ0n) is 19.4. The lowest BCUT2D eigenvalue weighted by atomic mass is 10.1. The number of carbonyl (C=O) groups is 1. The van der Waals surface area contributed by atoms with Gasteiger partial charge in [0.1, 0.15) is 11.2 Å². The van der Waals surface area contributed by atoms with Gasteiger partial charge in [-0.3, -0.25) is 4.79 Å². The first kappa shape index (κ1) is 22.6. The van der Waals surface area contributed by atoms with E-state index in [4.69, 9.17) is 19.6 Å². The molecule has 2 aromatic heterocycles. The Morgan fingerprint density at radius 1 is 1.26 bits per heavy atom. The standard InChI is InChI=1S/C23H27N5O5S/c1-27(2)34(30,31)13-11-24-22(29)23(9-10-23)21-25-20-19(32-3)7-5-17(28(20)26-21)15-4-6-18-16(14-15)8-12-33-18/h4-7,14H,8-13H2,1-3H3,(H,24,29). The van der Waals surface area contributed by atoms with Crippen LogP contribution in [0.25, 0.3) is 16.9 Å². The third kappa shape index (κ3) is 3.78. The summed E-state index contributed by atoms with van der Waals surface area (Å²) in [5.41, 5.74) is 2.62. The largest absolute Gasteiger partial charge is 0.493 e. The minimum absolute atomic E-state index is 0.0280. The van der Waals surface area contributed by atoms with E-state index in [0.29, 0.717) is 36.7 Å². The lowest BCUT2D eigenvalue weighted by Crippen LogP contribution is -2.39. The number of methoxy groups -OCH3 is 1. The summed E-state index contributed by atoms with van der Waals surface area (Å²) in [6.45, 7) is 0.706. The molecule has 1 saturated carbocycles. The van der Waals surface area contributed by atoms with Crippen molar-refractivity contribution in [2.24, 2.45) is 0 Å². The first-order valence-corrected chi connectivity index (χ1v) is 12.7. The van der Waals surface area contributed by atoms with Gasteiger partial charge >= 0.3 is 0 Å². The minimum atomic E-state index is -3.40. The Kier molecular flexibility index (Phi) is 5.48. The van der Waals surface area contributed by atoms with Gasteiger partial charge in [0, 0.05) is 32.6 Å². The Morgan fingerprint density at radius 3 is 2.76 bits per heavy atom. The van der Waals surface area contributed by atoms with E-state index in [2.05, 4.69) is 11.4 Å². The molecule has 1 N–H and O–H groups in total. The van der Waals surface area contributed by atoms with Gasteiger partial charge in [0.15, 0.2) is 17.2 Å². The number of ether oxygens (including phenoxy) is 2. The van der Waals surface area contributed by atoms with Crippen molar-refractivity contribution in [1.29, 1.82) is 0 Å². The normalized spacial score (nSPS) is 16.4. The lowest BCUT2D eigenvalue weighted by molar-refractivity contribution is -0.123. The highest BCUT2D eigenvalue weighted by molar-refractivity contribution is 7.89. The van der Waals surface area contributed by atoms with Crippen LogP contribution in [0.2, 0.25) is 0 Å². The summed E-state index contributed by atoms with van der Waals surface area (Å²) in [7, 11) is 1.12. The summed E-state index contributed by atoms with van der Waals surface area (Å²) in [4.78, 5) is 17.7. The van der Waals surface area contributed by atoms with Gasteiger partial charge in [-0.05, 0) is 48.7 Å². The maximum Gasteiger partial charge on any atom is 0.234 e. The fourth-order valence-corrected chi connectivity index (χ4v) is 4.91. The summed E-state index contributed by atoms with van der Waals surface area (Å²) in [5.74, 6) is 1.45. The molecule has 1 aromatic carbocycles. The van der Waals surface area contributed by atoms with E-state index in [-0.39, 0.29) is 18.2 Å². The average molecular weight is 486 g/mol. The molecule has 3 heterocycles. The number of benzene rings is 1. The molecule has 2 aliphatic rings. The van der Waals surface area contributed by atoms with E-state index in [0.717, 1.165) is 33.3 Å². The van der Waals surface area contributed by atoms with Gasteiger partial charge < -0.3 is 14.8 Å². The topological polar surface area (TPSA) is 115 Å². The molecule has 0 unspecified atom stereocenters.